The fraction of sp³-hybridized carbons (Fsp3) is 0.182. The van der Waals surface area contributed by atoms with E-state index in [0.29, 0.717) is 51.6 Å². The van der Waals surface area contributed by atoms with Crippen molar-refractivity contribution in [2.45, 2.75) is 13.8 Å². The van der Waals surface area contributed by atoms with Gasteiger partial charge in [-0.1, -0.05) is 29.8 Å². The van der Waals surface area contributed by atoms with Gasteiger partial charge in [0.05, 0.1) is 40.1 Å². The Morgan fingerprint density at radius 3 is 2.03 bits per heavy atom. The van der Waals surface area contributed by atoms with Crippen LogP contribution in [0.2, 0.25) is 5.02 Å². The number of hydrogen-bond acceptors (Lipinski definition) is 5. The van der Waals surface area contributed by atoms with Crippen LogP contribution in [0, 0.1) is 0 Å². The van der Waals surface area contributed by atoms with Crippen LogP contribution in [0.25, 0.3) is 0 Å². The molecule has 3 rings (SSSR count). The molecule has 30 heavy (non-hydrogen) atoms. The van der Waals surface area contributed by atoms with Crippen molar-refractivity contribution in [3.63, 3.8) is 0 Å². The van der Waals surface area contributed by atoms with Crippen LogP contribution >= 0.6 is 22.9 Å². The molecule has 0 spiro atoms. The van der Waals surface area contributed by atoms with Crippen molar-refractivity contribution >= 4 is 46.1 Å². The fourth-order valence-corrected chi connectivity index (χ4v) is 3.57. The van der Waals surface area contributed by atoms with Crippen LogP contribution in [-0.2, 0) is 0 Å². The van der Waals surface area contributed by atoms with Gasteiger partial charge in [0.25, 0.3) is 11.8 Å². The molecule has 0 saturated heterocycles. The molecule has 0 bridgehead atoms. The first-order valence-electron chi connectivity index (χ1n) is 9.37. The van der Waals surface area contributed by atoms with Gasteiger partial charge in [0, 0.05) is 12.1 Å². The number of anilines is 2. The summed E-state index contributed by atoms with van der Waals surface area (Å²) in [5.74, 6) is 0.198. The lowest BCUT2D eigenvalue weighted by Crippen LogP contribution is -2.15. The molecule has 1 heterocycles. The number of hydrogen-bond donors (Lipinski definition) is 2. The van der Waals surface area contributed by atoms with E-state index in [2.05, 4.69) is 10.6 Å². The van der Waals surface area contributed by atoms with E-state index < -0.39 is 0 Å². The highest BCUT2D eigenvalue weighted by Gasteiger charge is 2.18. The normalized spacial score (nSPS) is 10.4. The summed E-state index contributed by atoms with van der Waals surface area (Å²) in [6.45, 7) is 4.43. The molecule has 0 aliphatic rings. The second-order valence-electron chi connectivity index (χ2n) is 6.08. The Morgan fingerprint density at radius 1 is 0.900 bits per heavy atom. The first-order chi connectivity index (χ1) is 14.5. The molecule has 0 aliphatic heterocycles. The van der Waals surface area contributed by atoms with Crippen molar-refractivity contribution in [3.05, 3.63) is 69.4 Å². The van der Waals surface area contributed by atoms with E-state index in [4.69, 9.17) is 21.1 Å². The van der Waals surface area contributed by atoms with Crippen molar-refractivity contribution in [2.24, 2.45) is 0 Å². The summed E-state index contributed by atoms with van der Waals surface area (Å²) in [6, 6.07) is 13.6. The highest BCUT2D eigenvalue weighted by molar-refractivity contribution is 7.12. The number of amides is 2. The Labute approximate surface area is 183 Å². The molecule has 6 nitrogen and oxygen atoms in total. The minimum Gasteiger partial charge on any atom is -0.492 e. The van der Waals surface area contributed by atoms with Gasteiger partial charge in [0.1, 0.15) is 11.5 Å². The topological polar surface area (TPSA) is 76.7 Å². The maximum atomic E-state index is 12.7. The molecule has 0 aliphatic carbocycles. The van der Waals surface area contributed by atoms with Gasteiger partial charge < -0.3 is 20.1 Å². The first kappa shape index (κ1) is 21.7. The molecule has 2 N–H and O–H groups in total. The highest BCUT2D eigenvalue weighted by atomic mass is 35.5. The molecule has 0 radical (unpaired) electrons. The van der Waals surface area contributed by atoms with Crippen molar-refractivity contribution in [1.82, 2.24) is 0 Å². The van der Waals surface area contributed by atoms with Crippen LogP contribution < -0.4 is 20.1 Å². The SMILES string of the molecule is CCOc1cc(NC(=O)c2ccccc2Cl)c(OCC)cc1NC(=O)c1cccs1. The zero-order chi connectivity index (χ0) is 21.5. The van der Waals surface area contributed by atoms with Crippen LogP contribution in [0.1, 0.15) is 33.9 Å². The third-order valence-electron chi connectivity index (χ3n) is 4.04. The summed E-state index contributed by atoms with van der Waals surface area (Å²) < 4.78 is 11.4. The molecule has 0 atom stereocenters. The zero-order valence-corrected chi connectivity index (χ0v) is 18.1. The molecule has 1 aromatic heterocycles. The van der Waals surface area contributed by atoms with E-state index in [1.165, 1.54) is 11.3 Å². The van der Waals surface area contributed by atoms with Gasteiger partial charge in [0.2, 0.25) is 0 Å². The minimum absolute atomic E-state index is 0.249. The summed E-state index contributed by atoms with van der Waals surface area (Å²) in [6.07, 6.45) is 0. The van der Waals surface area contributed by atoms with Crippen molar-refractivity contribution < 1.29 is 19.1 Å². The van der Waals surface area contributed by atoms with E-state index >= 15 is 0 Å². The summed E-state index contributed by atoms with van der Waals surface area (Å²) in [4.78, 5) is 25.8. The number of benzene rings is 2. The molecular weight excluding hydrogens is 424 g/mol. The van der Waals surface area contributed by atoms with E-state index in [-0.39, 0.29) is 11.8 Å². The highest BCUT2D eigenvalue weighted by Crippen LogP contribution is 2.37. The number of ether oxygens (including phenoxy) is 2. The largest absolute Gasteiger partial charge is 0.492 e. The maximum Gasteiger partial charge on any atom is 0.265 e. The predicted octanol–water partition coefficient (Wildman–Crippen LogP) is 5.70. The Hall–Kier alpha value is -3.03. The number of nitrogens with one attached hydrogen (secondary N) is 2. The number of thiophene rings is 1. The number of carbonyl (C=O) groups is 2. The smallest absolute Gasteiger partial charge is 0.265 e. The van der Waals surface area contributed by atoms with Gasteiger partial charge in [-0.05, 0) is 37.4 Å². The average molecular weight is 445 g/mol. The van der Waals surface area contributed by atoms with Crippen LogP contribution in [0.3, 0.4) is 0 Å². The molecule has 8 heteroatoms. The second-order valence-corrected chi connectivity index (χ2v) is 7.43. The van der Waals surface area contributed by atoms with Crippen LogP contribution in [0.4, 0.5) is 11.4 Å². The van der Waals surface area contributed by atoms with E-state index in [1.807, 2.05) is 25.3 Å². The van der Waals surface area contributed by atoms with Gasteiger partial charge in [0.15, 0.2) is 0 Å². The average Bonchev–Trinajstić information content (AvgIpc) is 3.26. The monoisotopic (exact) mass is 444 g/mol. The van der Waals surface area contributed by atoms with E-state index in [1.54, 1.807) is 42.5 Å². The summed E-state index contributed by atoms with van der Waals surface area (Å²) in [5.41, 5.74) is 1.21. The molecule has 2 amide bonds. The van der Waals surface area contributed by atoms with Crippen molar-refractivity contribution in [1.29, 1.82) is 0 Å². The van der Waals surface area contributed by atoms with Crippen molar-refractivity contribution in [2.75, 3.05) is 23.8 Å². The molecule has 2 aromatic carbocycles. The summed E-state index contributed by atoms with van der Waals surface area (Å²) in [5, 5.41) is 7.85. The maximum absolute atomic E-state index is 12.7. The Kier molecular flexibility index (Phi) is 7.32. The fourth-order valence-electron chi connectivity index (χ4n) is 2.73. The molecule has 0 saturated carbocycles. The van der Waals surface area contributed by atoms with Gasteiger partial charge in [-0.3, -0.25) is 9.59 Å². The zero-order valence-electron chi connectivity index (χ0n) is 16.5. The second kappa shape index (κ2) is 10.1. The molecular formula is C22H21ClN2O4S. The van der Waals surface area contributed by atoms with Crippen LogP contribution in [-0.4, -0.2) is 25.0 Å². The Balaban J connectivity index is 1.94. The molecule has 156 valence electrons. The van der Waals surface area contributed by atoms with Crippen molar-refractivity contribution in [3.8, 4) is 11.5 Å². The standard InChI is InChI=1S/C22H21ClN2O4S/c1-3-28-18-13-17(25-22(27)20-10-7-11-30-20)19(29-4-2)12-16(18)24-21(26)14-8-5-6-9-15(14)23/h5-13H,3-4H2,1-2H3,(H,24,26)(H,25,27). The number of carbonyl (C=O) groups excluding carboxylic acids is 2. The van der Waals surface area contributed by atoms with E-state index in [9.17, 15) is 9.59 Å². The molecule has 0 fully saturated rings. The van der Waals surface area contributed by atoms with Gasteiger partial charge >= 0.3 is 0 Å². The Morgan fingerprint density at radius 2 is 1.50 bits per heavy atom. The third-order valence-corrected chi connectivity index (χ3v) is 5.24. The predicted molar refractivity (Wildman–Crippen MR) is 120 cm³/mol. The molecule has 3 aromatic rings. The lowest BCUT2D eigenvalue weighted by molar-refractivity contribution is 0.101. The van der Waals surface area contributed by atoms with E-state index in [0.717, 1.165) is 0 Å². The van der Waals surface area contributed by atoms with Gasteiger partial charge in [-0.2, -0.15) is 0 Å². The summed E-state index contributed by atoms with van der Waals surface area (Å²) in [7, 11) is 0. The van der Waals surface area contributed by atoms with Gasteiger partial charge in [-0.25, -0.2) is 0 Å². The molecule has 0 unspecified atom stereocenters. The lowest BCUT2D eigenvalue weighted by atomic mass is 10.2. The third kappa shape index (κ3) is 5.11. The quantitative estimate of drug-likeness (QED) is 0.467. The van der Waals surface area contributed by atoms with Crippen LogP contribution in [0.15, 0.2) is 53.9 Å². The number of halogens is 1. The Bertz CT molecular complexity index is 1040. The van der Waals surface area contributed by atoms with Gasteiger partial charge in [-0.15, -0.1) is 11.3 Å². The van der Waals surface area contributed by atoms with Crippen LogP contribution in [0.5, 0.6) is 11.5 Å². The lowest BCUT2D eigenvalue weighted by Gasteiger charge is -2.18. The summed E-state index contributed by atoms with van der Waals surface area (Å²) >= 11 is 7.48. The number of rotatable bonds is 8. The first-order valence-corrected chi connectivity index (χ1v) is 10.6. The minimum atomic E-state index is -0.376.